The summed E-state index contributed by atoms with van der Waals surface area (Å²) in [6, 6.07) is 5.04. The lowest BCUT2D eigenvalue weighted by Gasteiger charge is -2.26. The topological polar surface area (TPSA) is 98.6 Å². The monoisotopic (exact) mass is 334 g/mol. The molecule has 0 aromatic carbocycles. The second-order valence-electron chi connectivity index (χ2n) is 5.61. The summed E-state index contributed by atoms with van der Waals surface area (Å²) in [5.74, 6) is -0.371. The molecule has 1 saturated heterocycles. The minimum Gasteiger partial charge on any atom is -0.389 e. The summed E-state index contributed by atoms with van der Waals surface area (Å²) in [5, 5.41) is 26.2. The van der Waals surface area contributed by atoms with Crippen LogP contribution < -0.4 is 5.32 Å². The van der Waals surface area contributed by atoms with Crippen LogP contribution in [0.3, 0.4) is 0 Å². The number of hydrogen-bond acceptors (Lipinski definition) is 7. The number of pyridine rings is 1. The van der Waals surface area contributed by atoms with Gasteiger partial charge in [-0.15, -0.1) is 11.3 Å². The van der Waals surface area contributed by atoms with Crippen LogP contribution in [0.15, 0.2) is 36.0 Å². The average Bonchev–Trinajstić information content (AvgIpc) is 3.15. The number of carbonyl (C=O) groups is 1. The average molecular weight is 334 g/mol. The number of amides is 1. The highest BCUT2D eigenvalue weighted by atomic mass is 32.1. The molecule has 1 aliphatic rings. The molecular weight excluding hydrogens is 316 g/mol. The Kier molecular flexibility index (Phi) is 4.67. The predicted molar refractivity (Wildman–Crippen MR) is 84.9 cm³/mol. The number of nitrogens with zero attached hydrogens (tertiary/aromatic N) is 3. The number of aliphatic hydroxyl groups is 2. The standard InChI is InChI=1S/C15H18N4O3S/c20-12-7-19(8-13-17-5-6-23-13)10-15(12,22)9-18-14(21)11-3-1-2-4-16-11/h1-6,12,20,22H,7-10H2,(H,18,21)/t12-,15+/m1/s1. The smallest absolute Gasteiger partial charge is 0.269 e. The Morgan fingerprint density at radius 3 is 3.00 bits per heavy atom. The highest BCUT2D eigenvalue weighted by Crippen LogP contribution is 2.23. The van der Waals surface area contributed by atoms with Crippen molar-refractivity contribution in [3.8, 4) is 0 Å². The Bertz CT molecular complexity index is 652. The van der Waals surface area contributed by atoms with Gasteiger partial charge in [0.1, 0.15) is 16.3 Å². The predicted octanol–water partition coefficient (Wildman–Crippen LogP) is -0.124. The lowest BCUT2D eigenvalue weighted by atomic mass is 10.0. The Morgan fingerprint density at radius 2 is 2.30 bits per heavy atom. The highest BCUT2D eigenvalue weighted by molar-refractivity contribution is 7.09. The fourth-order valence-corrected chi connectivity index (χ4v) is 3.27. The summed E-state index contributed by atoms with van der Waals surface area (Å²) in [5.41, 5.74) is -1.09. The molecule has 0 saturated carbocycles. The fourth-order valence-electron chi connectivity index (χ4n) is 2.61. The zero-order valence-corrected chi connectivity index (χ0v) is 13.2. The second-order valence-corrected chi connectivity index (χ2v) is 6.59. The SMILES string of the molecule is O=C(NC[C@]1(O)CN(Cc2nccs2)C[C@H]1O)c1ccccn1. The van der Waals surface area contributed by atoms with Crippen molar-refractivity contribution in [1.82, 2.24) is 20.2 Å². The van der Waals surface area contributed by atoms with E-state index in [1.165, 1.54) is 17.5 Å². The molecular formula is C15H18N4O3S. The number of aliphatic hydroxyl groups excluding tert-OH is 1. The first-order chi connectivity index (χ1) is 11.1. The van der Waals surface area contributed by atoms with E-state index in [4.69, 9.17) is 0 Å². The van der Waals surface area contributed by atoms with Crippen molar-refractivity contribution >= 4 is 17.2 Å². The summed E-state index contributed by atoms with van der Waals surface area (Å²) in [4.78, 5) is 22.1. The van der Waals surface area contributed by atoms with Gasteiger partial charge >= 0.3 is 0 Å². The Morgan fingerprint density at radius 1 is 1.43 bits per heavy atom. The van der Waals surface area contributed by atoms with Crippen LogP contribution in [-0.2, 0) is 6.54 Å². The van der Waals surface area contributed by atoms with Crippen LogP contribution in [0.1, 0.15) is 15.5 Å². The van der Waals surface area contributed by atoms with Gasteiger partial charge in [0.25, 0.3) is 5.91 Å². The molecule has 122 valence electrons. The third-order valence-corrected chi connectivity index (χ3v) is 4.61. The molecule has 2 aromatic heterocycles. The maximum atomic E-state index is 12.0. The molecule has 1 aliphatic heterocycles. The molecule has 7 nitrogen and oxygen atoms in total. The highest BCUT2D eigenvalue weighted by Gasteiger charge is 2.44. The molecule has 0 unspecified atom stereocenters. The number of likely N-dealkylation sites (tertiary alicyclic amines) is 1. The number of aromatic nitrogens is 2. The minimum absolute atomic E-state index is 0.0298. The van der Waals surface area contributed by atoms with Crippen molar-refractivity contribution in [3.05, 3.63) is 46.7 Å². The zero-order valence-electron chi connectivity index (χ0n) is 12.4. The molecule has 1 fully saturated rings. The normalized spacial score (nSPS) is 24.7. The Labute approximate surface area is 137 Å². The molecule has 0 radical (unpaired) electrons. The van der Waals surface area contributed by atoms with Crippen molar-refractivity contribution in [2.75, 3.05) is 19.6 Å². The van der Waals surface area contributed by atoms with Crippen molar-refractivity contribution in [1.29, 1.82) is 0 Å². The second kappa shape index (κ2) is 6.71. The van der Waals surface area contributed by atoms with Gasteiger partial charge < -0.3 is 15.5 Å². The van der Waals surface area contributed by atoms with E-state index in [-0.39, 0.29) is 24.7 Å². The van der Waals surface area contributed by atoms with Gasteiger partial charge in [-0.25, -0.2) is 4.98 Å². The fraction of sp³-hybridized carbons (Fsp3) is 0.400. The third kappa shape index (κ3) is 3.73. The van der Waals surface area contributed by atoms with Gasteiger partial charge in [-0.3, -0.25) is 14.7 Å². The van der Waals surface area contributed by atoms with Crippen LogP contribution in [0.5, 0.6) is 0 Å². The van der Waals surface area contributed by atoms with Crippen LogP contribution in [0.25, 0.3) is 0 Å². The summed E-state index contributed by atoms with van der Waals surface area (Å²) in [6.07, 6.45) is 2.33. The van der Waals surface area contributed by atoms with E-state index in [1.54, 1.807) is 24.4 Å². The van der Waals surface area contributed by atoms with Gasteiger partial charge in [0.2, 0.25) is 0 Å². The van der Waals surface area contributed by atoms with Crippen LogP contribution in [-0.4, -0.2) is 62.3 Å². The molecule has 2 atom stereocenters. The molecule has 1 amide bonds. The molecule has 3 rings (SSSR count). The van der Waals surface area contributed by atoms with Crippen molar-refractivity contribution in [2.45, 2.75) is 18.2 Å². The van der Waals surface area contributed by atoms with Crippen LogP contribution in [0.4, 0.5) is 0 Å². The number of β-amino-alcohol motifs (C(OH)–C–C–N with tert-alkyl or cyclic N) is 2. The van der Waals surface area contributed by atoms with E-state index in [2.05, 4.69) is 15.3 Å². The van der Waals surface area contributed by atoms with Crippen LogP contribution in [0, 0.1) is 0 Å². The van der Waals surface area contributed by atoms with Crippen molar-refractivity contribution in [2.24, 2.45) is 0 Å². The van der Waals surface area contributed by atoms with E-state index in [0.717, 1.165) is 5.01 Å². The van der Waals surface area contributed by atoms with E-state index in [1.807, 2.05) is 10.3 Å². The first kappa shape index (κ1) is 16.0. The maximum absolute atomic E-state index is 12.0. The first-order valence-corrected chi connectivity index (χ1v) is 8.15. The summed E-state index contributed by atoms with van der Waals surface area (Å²) < 4.78 is 0. The summed E-state index contributed by atoms with van der Waals surface area (Å²) in [7, 11) is 0. The van der Waals surface area contributed by atoms with Crippen LogP contribution >= 0.6 is 11.3 Å². The van der Waals surface area contributed by atoms with E-state index >= 15 is 0 Å². The van der Waals surface area contributed by atoms with Gasteiger partial charge in [-0.2, -0.15) is 0 Å². The first-order valence-electron chi connectivity index (χ1n) is 7.27. The molecule has 3 N–H and O–H groups in total. The quantitative estimate of drug-likeness (QED) is 0.705. The Balaban J connectivity index is 1.57. The van der Waals surface area contributed by atoms with Gasteiger partial charge in [0, 0.05) is 30.9 Å². The summed E-state index contributed by atoms with van der Waals surface area (Å²) >= 11 is 1.53. The van der Waals surface area contributed by atoms with E-state index in [0.29, 0.717) is 13.1 Å². The number of thiazole rings is 1. The molecule has 0 aliphatic carbocycles. The lowest BCUT2D eigenvalue weighted by Crippen LogP contribution is -2.51. The van der Waals surface area contributed by atoms with Gasteiger partial charge in [-0.05, 0) is 12.1 Å². The lowest BCUT2D eigenvalue weighted by molar-refractivity contribution is -0.0377. The van der Waals surface area contributed by atoms with Crippen molar-refractivity contribution in [3.63, 3.8) is 0 Å². The largest absolute Gasteiger partial charge is 0.389 e. The number of hydrogen-bond donors (Lipinski definition) is 3. The maximum Gasteiger partial charge on any atom is 0.269 e. The summed E-state index contributed by atoms with van der Waals surface area (Å²) in [6.45, 7) is 1.16. The van der Waals surface area contributed by atoms with Gasteiger partial charge in [0.05, 0.1) is 19.2 Å². The van der Waals surface area contributed by atoms with Crippen molar-refractivity contribution < 1.29 is 15.0 Å². The van der Waals surface area contributed by atoms with Gasteiger partial charge in [0.15, 0.2) is 0 Å². The minimum atomic E-state index is -1.37. The van der Waals surface area contributed by atoms with E-state index < -0.39 is 11.7 Å². The Hall–Kier alpha value is -1.87. The zero-order chi connectivity index (χ0) is 16.3. The number of rotatable bonds is 5. The number of nitrogens with one attached hydrogen (secondary N) is 1. The molecule has 3 heterocycles. The molecule has 8 heteroatoms. The third-order valence-electron chi connectivity index (χ3n) is 3.84. The van der Waals surface area contributed by atoms with E-state index in [9.17, 15) is 15.0 Å². The van der Waals surface area contributed by atoms with Crippen LogP contribution in [0.2, 0.25) is 0 Å². The molecule has 0 bridgehead atoms. The van der Waals surface area contributed by atoms with Gasteiger partial charge in [-0.1, -0.05) is 6.07 Å². The molecule has 0 spiro atoms. The number of carbonyl (C=O) groups excluding carboxylic acids is 1. The molecule has 23 heavy (non-hydrogen) atoms. The molecule has 2 aromatic rings.